The molecule has 0 spiro atoms. The molecule has 2 atom stereocenters. The van der Waals surface area contributed by atoms with E-state index in [1.165, 1.54) is 0 Å². The SMILES string of the molecule is CC(CC(F)(F)C(F)(F)C(F)(F)C(F)(F)F)[SiH]1CCCCO1. The van der Waals surface area contributed by atoms with E-state index in [0.717, 1.165) is 6.92 Å². The minimum absolute atomic E-state index is 0.266. The molecule has 2 unspecified atom stereocenters. The summed E-state index contributed by atoms with van der Waals surface area (Å²) in [5.41, 5.74) is -1.15. The Bertz CT molecular complexity index is 376. The molecular weight excluding hydrogens is 347 g/mol. The van der Waals surface area contributed by atoms with Crippen LogP contribution in [0.5, 0.6) is 0 Å². The lowest BCUT2D eigenvalue weighted by Gasteiger charge is -2.36. The average molecular weight is 362 g/mol. The number of alkyl halides is 9. The molecule has 132 valence electrons. The maximum absolute atomic E-state index is 13.5. The van der Waals surface area contributed by atoms with E-state index in [2.05, 4.69) is 0 Å². The smallest absolute Gasteiger partial charge is 0.420 e. The highest BCUT2D eigenvalue weighted by molar-refractivity contribution is 6.53. The van der Waals surface area contributed by atoms with Crippen molar-refractivity contribution >= 4 is 9.04 Å². The summed E-state index contributed by atoms with van der Waals surface area (Å²) in [6, 6.07) is 0.401. The van der Waals surface area contributed by atoms with Crippen LogP contribution in [0.25, 0.3) is 0 Å². The van der Waals surface area contributed by atoms with Crippen LogP contribution in [0.4, 0.5) is 39.5 Å². The van der Waals surface area contributed by atoms with Gasteiger partial charge in [-0.15, -0.1) is 0 Å². The maximum atomic E-state index is 13.5. The van der Waals surface area contributed by atoms with Crippen LogP contribution in [0, 0.1) is 0 Å². The Balaban J connectivity index is 2.91. The van der Waals surface area contributed by atoms with Crippen molar-refractivity contribution in [3.8, 4) is 0 Å². The van der Waals surface area contributed by atoms with Gasteiger partial charge in [0, 0.05) is 13.0 Å². The molecule has 0 radical (unpaired) electrons. The van der Waals surface area contributed by atoms with Crippen LogP contribution >= 0.6 is 0 Å². The number of halogens is 9. The monoisotopic (exact) mass is 362 g/mol. The number of rotatable bonds is 5. The molecule has 1 nitrogen and oxygen atoms in total. The van der Waals surface area contributed by atoms with Gasteiger partial charge in [0.15, 0.2) is 9.04 Å². The second-order valence-corrected chi connectivity index (χ2v) is 8.56. The Morgan fingerprint density at radius 3 is 1.86 bits per heavy atom. The van der Waals surface area contributed by atoms with Gasteiger partial charge >= 0.3 is 23.9 Å². The zero-order valence-electron chi connectivity index (χ0n) is 11.5. The summed E-state index contributed by atoms with van der Waals surface area (Å²) in [6.07, 6.45) is -7.21. The third kappa shape index (κ3) is 3.55. The van der Waals surface area contributed by atoms with E-state index in [-0.39, 0.29) is 6.61 Å². The van der Waals surface area contributed by atoms with Crippen molar-refractivity contribution in [1.82, 2.24) is 0 Å². The molecule has 22 heavy (non-hydrogen) atoms. The summed E-state index contributed by atoms with van der Waals surface area (Å²) in [6.45, 7) is 1.39. The van der Waals surface area contributed by atoms with Crippen molar-refractivity contribution in [2.75, 3.05) is 6.61 Å². The summed E-state index contributed by atoms with van der Waals surface area (Å²) in [4.78, 5) is 0. The lowest BCUT2D eigenvalue weighted by molar-refractivity contribution is -0.396. The first-order valence-corrected chi connectivity index (χ1v) is 8.51. The van der Waals surface area contributed by atoms with E-state index in [1.54, 1.807) is 0 Å². The van der Waals surface area contributed by atoms with Crippen molar-refractivity contribution in [1.29, 1.82) is 0 Å². The highest BCUT2D eigenvalue weighted by Gasteiger charge is 2.81. The first kappa shape index (κ1) is 19.6. The molecule has 1 saturated heterocycles. The van der Waals surface area contributed by atoms with Crippen LogP contribution in [-0.4, -0.2) is 39.6 Å². The van der Waals surface area contributed by atoms with Crippen LogP contribution in [0.2, 0.25) is 11.6 Å². The number of hydrogen-bond acceptors (Lipinski definition) is 1. The summed E-state index contributed by atoms with van der Waals surface area (Å²) >= 11 is 0. The summed E-state index contributed by atoms with van der Waals surface area (Å²) in [5.74, 6) is -18.8. The summed E-state index contributed by atoms with van der Waals surface area (Å²) in [5, 5.41) is 0. The van der Waals surface area contributed by atoms with E-state index < -0.39 is 44.9 Å². The van der Waals surface area contributed by atoms with Crippen molar-refractivity contribution in [2.45, 2.75) is 61.7 Å². The van der Waals surface area contributed by atoms with Crippen molar-refractivity contribution in [3.63, 3.8) is 0 Å². The van der Waals surface area contributed by atoms with Crippen LogP contribution < -0.4 is 0 Å². The molecular formula is C11H15F9OSi. The zero-order valence-corrected chi connectivity index (χ0v) is 12.7. The van der Waals surface area contributed by atoms with E-state index in [9.17, 15) is 39.5 Å². The van der Waals surface area contributed by atoms with Crippen LogP contribution in [-0.2, 0) is 4.43 Å². The molecule has 0 aliphatic carbocycles. The van der Waals surface area contributed by atoms with Gasteiger partial charge in [0.25, 0.3) is 0 Å². The Morgan fingerprint density at radius 2 is 1.45 bits per heavy atom. The van der Waals surface area contributed by atoms with Gasteiger partial charge in [-0.3, -0.25) is 0 Å². The lowest BCUT2D eigenvalue weighted by Crippen LogP contribution is -2.61. The quantitative estimate of drug-likeness (QED) is 0.506. The van der Waals surface area contributed by atoms with E-state index >= 15 is 0 Å². The van der Waals surface area contributed by atoms with Crippen LogP contribution in [0.3, 0.4) is 0 Å². The average Bonchev–Trinajstić information content (AvgIpc) is 2.37. The molecule has 0 amide bonds. The van der Waals surface area contributed by atoms with Crippen LogP contribution in [0.15, 0.2) is 0 Å². The second kappa shape index (κ2) is 6.21. The first-order valence-electron chi connectivity index (χ1n) is 6.56. The van der Waals surface area contributed by atoms with Crippen molar-refractivity contribution in [3.05, 3.63) is 0 Å². The summed E-state index contributed by atoms with van der Waals surface area (Å²) in [7, 11) is -2.33. The minimum atomic E-state index is -6.81. The van der Waals surface area contributed by atoms with Gasteiger partial charge in [-0.05, 0) is 18.0 Å². The third-order valence-electron chi connectivity index (χ3n) is 3.64. The van der Waals surface area contributed by atoms with Gasteiger partial charge in [0.2, 0.25) is 0 Å². The van der Waals surface area contributed by atoms with E-state index in [4.69, 9.17) is 4.43 Å². The fraction of sp³-hybridized carbons (Fsp3) is 1.00. The molecule has 0 aromatic carbocycles. The molecule has 0 bridgehead atoms. The van der Waals surface area contributed by atoms with Crippen molar-refractivity contribution < 1.29 is 43.9 Å². The molecule has 1 rings (SSSR count). The number of hydrogen-bond donors (Lipinski definition) is 0. The highest BCUT2D eigenvalue weighted by atomic mass is 28.3. The van der Waals surface area contributed by atoms with E-state index in [1.807, 2.05) is 0 Å². The fourth-order valence-corrected chi connectivity index (χ4v) is 5.07. The Hall–Kier alpha value is -0.453. The predicted molar refractivity (Wildman–Crippen MR) is 62.1 cm³/mol. The minimum Gasteiger partial charge on any atom is -0.420 e. The largest absolute Gasteiger partial charge is 0.460 e. The molecule has 11 heteroatoms. The normalized spacial score (nSPS) is 23.5. The van der Waals surface area contributed by atoms with Gasteiger partial charge in [0.05, 0.1) is 0 Å². The molecule has 0 saturated carbocycles. The van der Waals surface area contributed by atoms with Gasteiger partial charge in [-0.25, -0.2) is 0 Å². The summed E-state index contributed by atoms with van der Waals surface area (Å²) < 4.78 is 120. The van der Waals surface area contributed by atoms with Gasteiger partial charge < -0.3 is 4.43 Å². The Kier molecular flexibility index (Phi) is 5.53. The molecule has 1 fully saturated rings. The predicted octanol–water partition coefficient (Wildman–Crippen LogP) is 4.77. The molecule has 0 N–H and O–H groups in total. The molecule has 1 aliphatic rings. The second-order valence-electron chi connectivity index (χ2n) is 5.44. The molecule has 0 aromatic rings. The van der Waals surface area contributed by atoms with Gasteiger partial charge in [0.1, 0.15) is 0 Å². The van der Waals surface area contributed by atoms with Crippen LogP contribution in [0.1, 0.15) is 26.2 Å². The highest BCUT2D eigenvalue weighted by Crippen LogP contribution is 2.55. The van der Waals surface area contributed by atoms with Gasteiger partial charge in [-0.2, -0.15) is 39.5 Å². The Morgan fingerprint density at radius 1 is 0.909 bits per heavy atom. The molecule has 1 heterocycles. The third-order valence-corrected chi connectivity index (χ3v) is 6.78. The first-order chi connectivity index (χ1) is 9.74. The van der Waals surface area contributed by atoms with Crippen molar-refractivity contribution in [2.24, 2.45) is 0 Å². The Labute approximate surface area is 122 Å². The lowest BCUT2D eigenvalue weighted by atomic mass is 10.00. The topological polar surface area (TPSA) is 9.23 Å². The fourth-order valence-electron chi connectivity index (χ4n) is 2.29. The van der Waals surface area contributed by atoms with E-state index in [0.29, 0.717) is 18.9 Å². The maximum Gasteiger partial charge on any atom is 0.460 e. The standard InChI is InChI=1S/C11H15F9OSi/c1-7(22-5-3-2-4-21-22)6-8(12,13)9(14,15)10(16,17)11(18,19)20/h7,22H,2-6H2,1H3. The molecule has 1 aliphatic heterocycles. The zero-order chi connectivity index (χ0) is 17.4. The van der Waals surface area contributed by atoms with Gasteiger partial charge in [-0.1, -0.05) is 13.3 Å². The molecule has 0 aromatic heterocycles.